The van der Waals surface area contributed by atoms with Gasteiger partial charge in [0.25, 0.3) is 0 Å². The zero-order chi connectivity index (χ0) is 14.5. The van der Waals surface area contributed by atoms with Crippen molar-refractivity contribution in [2.45, 2.75) is 58.0 Å². The first-order valence-corrected chi connectivity index (χ1v) is 8.53. The molecule has 0 bridgehead atoms. The first-order valence-electron chi connectivity index (χ1n) is 7.71. The van der Waals surface area contributed by atoms with Gasteiger partial charge in [0.15, 0.2) is 5.13 Å². The average Bonchev–Trinajstić information content (AvgIpc) is 2.88. The van der Waals surface area contributed by atoms with Crippen LogP contribution in [-0.2, 0) is 11.2 Å². The Balaban J connectivity index is 2.23. The smallest absolute Gasteiger partial charge is 0.186 e. The van der Waals surface area contributed by atoms with Gasteiger partial charge in [0.1, 0.15) is 0 Å². The molecule has 1 aromatic heterocycles. The molecule has 0 saturated heterocycles. The molecule has 0 radical (unpaired) electrons. The fourth-order valence-corrected chi connectivity index (χ4v) is 4.19. The number of nitrogens with zero attached hydrogens (tertiary/aromatic N) is 2. The number of aromatic nitrogens is 1. The van der Waals surface area contributed by atoms with Gasteiger partial charge in [-0.2, -0.15) is 0 Å². The number of hydrogen-bond acceptors (Lipinski definition) is 5. The van der Waals surface area contributed by atoms with Crippen LogP contribution in [0.25, 0.3) is 0 Å². The third-order valence-electron chi connectivity index (χ3n) is 4.15. The Morgan fingerprint density at radius 1 is 1.45 bits per heavy atom. The zero-order valence-electron chi connectivity index (χ0n) is 12.9. The Morgan fingerprint density at radius 3 is 2.80 bits per heavy atom. The van der Waals surface area contributed by atoms with Gasteiger partial charge in [0.2, 0.25) is 0 Å². The molecule has 2 rings (SSSR count). The standard InChI is InChI=1S/C15H27N3OS/c1-4-11(5-2)18(9-10-19-3)15-17-14-12(16)7-6-8-13(14)20-15/h11-12H,4-10,16H2,1-3H3. The predicted molar refractivity (Wildman–Crippen MR) is 85.6 cm³/mol. The van der Waals surface area contributed by atoms with Crippen LogP contribution in [0, 0.1) is 0 Å². The Bertz CT molecular complexity index is 417. The average molecular weight is 297 g/mol. The summed E-state index contributed by atoms with van der Waals surface area (Å²) in [4.78, 5) is 8.68. The first kappa shape index (κ1) is 15.7. The molecule has 0 saturated carbocycles. The van der Waals surface area contributed by atoms with Gasteiger partial charge in [-0.05, 0) is 32.1 Å². The number of anilines is 1. The number of ether oxygens (including phenoxy) is 1. The number of rotatable bonds is 7. The molecule has 5 heteroatoms. The highest BCUT2D eigenvalue weighted by Crippen LogP contribution is 2.36. The van der Waals surface area contributed by atoms with Crippen LogP contribution < -0.4 is 10.6 Å². The molecule has 0 aromatic carbocycles. The SMILES string of the molecule is CCC(CC)N(CCOC)c1nc2c(s1)CCCC2N. The lowest BCUT2D eigenvalue weighted by Gasteiger charge is -2.30. The molecule has 1 unspecified atom stereocenters. The predicted octanol–water partition coefficient (Wildman–Crippen LogP) is 3.12. The van der Waals surface area contributed by atoms with Crippen molar-refractivity contribution in [3.63, 3.8) is 0 Å². The molecule has 0 spiro atoms. The van der Waals surface area contributed by atoms with Gasteiger partial charge in [-0.15, -0.1) is 11.3 Å². The van der Waals surface area contributed by atoms with E-state index in [1.807, 2.05) is 11.3 Å². The minimum Gasteiger partial charge on any atom is -0.383 e. The molecular formula is C15H27N3OS. The monoisotopic (exact) mass is 297 g/mol. The van der Waals surface area contributed by atoms with Crippen molar-refractivity contribution in [2.24, 2.45) is 5.73 Å². The van der Waals surface area contributed by atoms with Crippen LogP contribution >= 0.6 is 11.3 Å². The quantitative estimate of drug-likeness (QED) is 0.840. The van der Waals surface area contributed by atoms with E-state index in [2.05, 4.69) is 18.7 Å². The van der Waals surface area contributed by atoms with E-state index < -0.39 is 0 Å². The second-order valence-corrected chi connectivity index (χ2v) is 6.52. The van der Waals surface area contributed by atoms with E-state index in [4.69, 9.17) is 15.5 Å². The molecule has 1 heterocycles. The summed E-state index contributed by atoms with van der Waals surface area (Å²) in [6, 6.07) is 0.670. The van der Waals surface area contributed by atoms with Crippen molar-refractivity contribution >= 4 is 16.5 Å². The summed E-state index contributed by atoms with van der Waals surface area (Å²) in [5.41, 5.74) is 7.35. The van der Waals surface area contributed by atoms with Crippen molar-refractivity contribution in [3.05, 3.63) is 10.6 Å². The van der Waals surface area contributed by atoms with Crippen molar-refractivity contribution in [2.75, 3.05) is 25.2 Å². The van der Waals surface area contributed by atoms with Gasteiger partial charge in [-0.3, -0.25) is 0 Å². The van der Waals surface area contributed by atoms with Crippen molar-refractivity contribution < 1.29 is 4.74 Å². The zero-order valence-corrected chi connectivity index (χ0v) is 13.7. The maximum absolute atomic E-state index is 6.20. The van der Waals surface area contributed by atoms with Crippen molar-refractivity contribution in [3.8, 4) is 0 Å². The number of hydrogen-bond donors (Lipinski definition) is 1. The minimum atomic E-state index is 0.134. The largest absolute Gasteiger partial charge is 0.383 e. The van der Waals surface area contributed by atoms with E-state index >= 15 is 0 Å². The van der Waals surface area contributed by atoms with Gasteiger partial charge in [0, 0.05) is 30.6 Å². The molecule has 20 heavy (non-hydrogen) atoms. The molecule has 1 aliphatic carbocycles. The molecule has 114 valence electrons. The van der Waals surface area contributed by atoms with E-state index in [9.17, 15) is 0 Å². The maximum atomic E-state index is 6.20. The van der Waals surface area contributed by atoms with Crippen LogP contribution in [0.15, 0.2) is 0 Å². The Hall–Kier alpha value is -0.650. The Labute approximate surface area is 126 Å². The first-order chi connectivity index (χ1) is 9.71. The lowest BCUT2D eigenvalue weighted by atomic mass is 9.99. The fraction of sp³-hybridized carbons (Fsp3) is 0.800. The Kier molecular flexibility index (Phi) is 5.81. The van der Waals surface area contributed by atoms with Crippen LogP contribution in [0.4, 0.5) is 5.13 Å². The molecule has 0 amide bonds. The lowest BCUT2D eigenvalue weighted by molar-refractivity contribution is 0.202. The minimum absolute atomic E-state index is 0.134. The van der Waals surface area contributed by atoms with Gasteiger partial charge in [-0.25, -0.2) is 4.98 Å². The normalized spacial score (nSPS) is 18.4. The number of fused-ring (bicyclic) bond motifs is 1. The number of nitrogens with two attached hydrogens (primary N) is 1. The summed E-state index contributed by atoms with van der Waals surface area (Å²) in [6.45, 7) is 6.14. The van der Waals surface area contributed by atoms with Crippen molar-refractivity contribution in [1.29, 1.82) is 0 Å². The van der Waals surface area contributed by atoms with Crippen molar-refractivity contribution in [1.82, 2.24) is 4.98 Å². The molecule has 0 fully saturated rings. The molecular weight excluding hydrogens is 270 g/mol. The van der Waals surface area contributed by atoms with E-state index in [0.29, 0.717) is 6.04 Å². The summed E-state index contributed by atoms with van der Waals surface area (Å²) >= 11 is 1.84. The number of methoxy groups -OCH3 is 1. The Morgan fingerprint density at radius 2 is 2.20 bits per heavy atom. The van der Waals surface area contributed by atoms with Crippen LogP contribution in [0.5, 0.6) is 0 Å². The molecule has 4 nitrogen and oxygen atoms in total. The third-order valence-corrected chi connectivity index (χ3v) is 5.32. The summed E-state index contributed by atoms with van der Waals surface area (Å²) in [5, 5.41) is 1.14. The third kappa shape index (κ3) is 3.32. The van der Waals surface area contributed by atoms with Crippen LogP contribution in [0.3, 0.4) is 0 Å². The second kappa shape index (κ2) is 7.38. The van der Waals surface area contributed by atoms with E-state index in [-0.39, 0.29) is 6.04 Å². The van der Waals surface area contributed by atoms with Crippen LogP contribution in [0.1, 0.15) is 56.1 Å². The molecule has 1 aliphatic rings. The van der Waals surface area contributed by atoms with Gasteiger partial charge >= 0.3 is 0 Å². The van der Waals surface area contributed by atoms with Gasteiger partial charge < -0.3 is 15.4 Å². The summed E-state index contributed by atoms with van der Waals surface area (Å²) in [7, 11) is 1.76. The van der Waals surface area contributed by atoms with Gasteiger partial charge in [-0.1, -0.05) is 13.8 Å². The lowest BCUT2D eigenvalue weighted by Crippen LogP contribution is -2.37. The highest BCUT2D eigenvalue weighted by Gasteiger charge is 2.25. The molecule has 0 aliphatic heterocycles. The van der Waals surface area contributed by atoms with E-state index in [0.717, 1.165) is 49.7 Å². The summed E-state index contributed by atoms with van der Waals surface area (Å²) in [6.07, 6.45) is 5.67. The van der Waals surface area contributed by atoms with Crippen LogP contribution in [-0.4, -0.2) is 31.3 Å². The fourth-order valence-electron chi connectivity index (χ4n) is 2.92. The van der Waals surface area contributed by atoms with Gasteiger partial charge in [0.05, 0.1) is 12.3 Å². The molecule has 2 N–H and O–H groups in total. The van der Waals surface area contributed by atoms with E-state index in [1.165, 1.54) is 11.3 Å². The number of thiazole rings is 1. The number of aryl methyl sites for hydroxylation is 1. The topological polar surface area (TPSA) is 51.4 Å². The summed E-state index contributed by atoms with van der Waals surface area (Å²) in [5.74, 6) is 0. The van der Waals surface area contributed by atoms with Crippen LogP contribution in [0.2, 0.25) is 0 Å². The highest BCUT2D eigenvalue weighted by atomic mass is 32.1. The highest BCUT2D eigenvalue weighted by molar-refractivity contribution is 7.15. The van der Waals surface area contributed by atoms with E-state index in [1.54, 1.807) is 7.11 Å². The molecule has 1 atom stereocenters. The molecule has 1 aromatic rings. The second-order valence-electron chi connectivity index (χ2n) is 5.46. The maximum Gasteiger partial charge on any atom is 0.186 e. The summed E-state index contributed by atoms with van der Waals surface area (Å²) < 4.78 is 5.27.